The highest BCUT2D eigenvalue weighted by atomic mass is 16.4. The third-order valence-electron chi connectivity index (χ3n) is 4.94. The molecule has 2 aliphatic rings. The number of carbonyl (C=O) groups is 1. The molecule has 3 nitrogen and oxygen atoms in total. The van der Waals surface area contributed by atoms with Crippen molar-refractivity contribution in [2.45, 2.75) is 45.1 Å². The van der Waals surface area contributed by atoms with Gasteiger partial charge in [0, 0.05) is 5.57 Å². The van der Waals surface area contributed by atoms with Crippen molar-refractivity contribution in [2.75, 3.05) is 0 Å². The zero-order valence-corrected chi connectivity index (χ0v) is 11.1. The van der Waals surface area contributed by atoms with E-state index in [2.05, 4.69) is 19.6 Å². The van der Waals surface area contributed by atoms with Gasteiger partial charge in [-0.05, 0) is 49.9 Å². The topological polar surface area (TPSA) is 57.5 Å². The summed E-state index contributed by atoms with van der Waals surface area (Å²) in [4.78, 5) is 11.0. The van der Waals surface area contributed by atoms with E-state index in [9.17, 15) is 9.90 Å². The lowest BCUT2D eigenvalue weighted by atomic mass is 9.55. The molecule has 0 unspecified atom stereocenters. The van der Waals surface area contributed by atoms with Crippen LogP contribution >= 0.6 is 0 Å². The highest BCUT2D eigenvalue weighted by molar-refractivity contribution is 5.86. The van der Waals surface area contributed by atoms with Crippen LogP contribution in [0.2, 0.25) is 0 Å². The maximum absolute atomic E-state index is 11.0. The van der Waals surface area contributed by atoms with Gasteiger partial charge < -0.3 is 10.2 Å². The fraction of sp³-hybridized carbons (Fsp3) is 0.667. The first-order valence-corrected chi connectivity index (χ1v) is 6.58. The smallest absolute Gasteiger partial charge is 0.331 e. The monoisotopic (exact) mass is 250 g/mol. The average molecular weight is 250 g/mol. The number of aliphatic carboxylic acids is 1. The van der Waals surface area contributed by atoms with Gasteiger partial charge in [0.1, 0.15) is 0 Å². The van der Waals surface area contributed by atoms with Gasteiger partial charge in [0.05, 0.1) is 5.60 Å². The predicted molar refractivity (Wildman–Crippen MR) is 70.1 cm³/mol. The summed E-state index contributed by atoms with van der Waals surface area (Å²) < 4.78 is 0. The summed E-state index contributed by atoms with van der Waals surface area (Å²) in [5.74, 6) is -0.794. The van der Waals surface area contributed by atoms with Crippen LogP contribution in [0.15, 0.2) is 24.3 Å². The van der Waals surface area contributed by atoms with E-state index in [0.717, 1.165) is 25.7 Å². The number of allylic oxidation sites excluding steroid dienone is 1. The highest BCUT2D eigenvalue weighted by Crippen LogP contribution is 2.54. The van der Waals surface area contributed by atoms with Crippen molar-refractivity contribution >= 4 is 5.97 Å². The summed E-state index contributed by atoms with van der Waals surface area (Å²) in [6, 6.07) is 0. The minimum absolute atomic E-state index is 0.00134. The Morgan fingerprint density at radius 2 is 2.11 bits per heavy atom. The fourth-order valence-electron chi connectivity index (χ4n) is 3.73. The number of hydrogen-bond donors (Lipinski definition) is 2. The molecule has 0 radical (unpaired) electrons. The average Bonchev–Trinajstić information content (AvgIpc) is 2.27. The third-order valence-corrected chi connectivity index (χ3v) is 4.94. The first kappa shape index (κ1) is 13.3. The molecule has 0 aliphatic heterocycles. The van der Waals surface area contributed by atoms with Crippen LogP contribution < -0.4 is 0 Å². The molecule has 0 saturated heterocycles. The van der Waals surface area contributed by atoms with Crippen molar-refractivity contribution in [1.82, 2.24) is 0 Å². The molecular formula is C15H22O3. The van der Waals surface area contributed by atoms with Crippen molar-refractivity contribution in [3.05, 3.63) is 24.3 Å². The van der Waals surface area contributed by atoms with Gasteiger partial charge in [0.15, 0.2) is 0 Å². The SMILES string of the molecule is C=C(C(=O)O)[C@@H]1CC[C@@]2(C)CC=C[C@@](C)(O)[C@@H]2C1. The first-order valence-electron chi connectivity index (χ1n) is 6.58. The van der Waals surface area contributed by atoms with Crippen LogP contribution in [0.4, 0.5) is 0 Å². The summed E-state index contributed by atoms with van der Waals surface area (Å²) in [5, 5.41) is 19.6. The van der Waals surface area contributed by atoms with Crippen LogP contribution in [0.1, 0.15) is 39.5 Å². The van der Waals surface area contributed by atoms with E-state index in [4.69, 9.17) is 5.11 Å². The Bertz CT molecular complexity index is 408. The van der Waals surface area contributed by atoms with Crippen molar-refractivity contribution < 1.29 is 15.0 Å². The second-order valence-electron chi connectivity index (χ2n) is 6.34. The van der Waals surface area contributed by atoms with E-state index >= 15 is 0 Å². The molecule has 2 rings (SSSR count). The minimum Gasteiger partial charge on any atom is -0.478 e. The number of fused-ring (bicyclic) bond motifs is 1. The Morgan fingerprint density at radius 3 is 2.72 bits per heavy atom. The Hall–Kier alpha value is -1.09. The van der Waals surface area contributed by atoms with Gasteiger partial charge in [-0.2, -0.15) is 0 Å². The van der Waals surface area contributed by atoms with Gasteiger partial charge in [0.2, 0.25) is 0 Å². The molecule has 0 aromatic heterocycles. The minimum atomic E-state index is -0.908. The summed E-state index contributed by atoms with van der Waals surface area (Å²) in [5.41, 5.74) is -0.444. The van der Waals surface area contributed by atoms with Crippen molar-refractivity contribution in [3.8, 4) is 0 Å². The van der Waals surface area contributed by atoms with Gasteiger partial charge >= 0.3 is 5.97 Å². The number of carboxylic acid groups (broad SMARTS) is 1. The third kappa shape index (κ3) is 2.12. The van der Waals surface area contributed by atoms with Gasteiger partial charge in [-0.25, -0.2) is 4.79 Å². The van der Waals surface area contributed by atoms with Gasteiger partial charge in [0.25, 0.3) is 0 Å². The van der Waals surface area contributed by atoms with E-state index in [-0.39, 0.29) is 17.3 Å². The quantitative estimate of drug-likeness (QED) is 0.585. The number of hydrogen-bond acceptors (Lipinski definition) is 2. The molecule has 100 valence electrons. The number of rotatable bonds is 2. The molecule has 1 saturated carbocycles. The molecule has 0 aromatic rings. The Morgan fingerprint density at radius 1 is 1.44 bits per heavy atom. The molecule has 3 heteroatoms. The molecule has 4 atom stereocenters. The zero-order chi connectivity index (χ0) is 13.6. The Labute approximate surface area is 108 Å². The lowest BCUT2D eigenvalue weighted by Crippen LogP contribution is -2.49. The van der Waals surface area contributed by atoms with E-state index in [1.54, 1.807) is 0 Å². The fourth-order valence-corrected chi connectivity index (χ4v) is 3.73. The summed E-state index contributed by atoms with van der Waals surface area (Å²) in [7, 11) is 0. The van der Waals surface area contributed by atoms with Crippen molar-refractivity contribution in [1.29, 1.82) is 0 Å². The van der Waals surface area contributed by atoms with Crippen LogP contribution in [-0.4, -0.2) is 21.8 Å². The molecule has 0 spiro atoms. The Kier molecular flexibility index (Phi) is 3.14. The lowest BCUT2D eigenvalue weighted by Gasteiger charge is -2.51. The highest BCUT2D eigenvalue weighted by Gasteiger charge is 2.49. The van der Waals surface area contributed by atoms with Crippen molar-refractivity contribution in [2.24, 2.45) is 17.3 Å². The predicted octanol–water partition coefficient (Wildman–Crippen LogP) is 2.76. The molecule has 18 heavy (non-hydrogen) atoms. The largest absolute Gasteiger partial charge is 0.478 e. The second-order valence-corrected chi connectivity index (χ2v) is 6.34. The molecule has 2 aliphatic carbocycles. The summed E-state index contributed by atoms with van der Waals surface area (Å²) >= 11 is 0. The Balaban J connectivity index is 2.23. The molecule has 1 fully saturated rings. The van der Waals surface area contributed by atoms with E-state index in [1.807, 2.05) is 13.0 Å². The van der Waals surface area contributed by atoms with Gasteiger partial charge in [-0.15, -0.1) is 0 Å². The first-order chi connectivity index (χ1) is 8.26. The second kappa shape index (κ2) is 4.23. The van der Waals surface area contributed by atoms with Crippen LogP contribution in [-0.2, 0) is 4.79 Å². The van der Waals surface area contributed by atoms with E-state index in [1.165, 1.54) is 0 Å². The standard InChI is InChI=1S/C15H22O3/c1-10(13(16)17)11-5-8-14(2)6-4-7-15(3,18)12(14)9-11/h4,7,11-12,18H,1,5-6,8-9H2,2-3H3,(H,16,17)/t11-,12-,14-,15-/m1/s1. The van der Waals surface area contributed by atoms with Crippen molar-refractivity contribution in [3.63, 3.8) is 0 Å². The zero-order valence-electron chi connectivity index (χ0n) is 11.1. The van der Waals surface area contributed by atoms with Gasteiger partial charge in [-0.1, -0.05) is 25.7 Å². The molecule has 2 N–H and O–H groups in total. The van der Waals surface area contributed by atoms with E-state index < -0.39 is 11.6 Å². The van der Waals surface area contributed by atoms with Gasteiger partial charge in [-0.3, -0.25) is 0 Å². The lowest BCUT2D eigenvalue weighted by molar-refractivity contribution is -0.134. The van der Waals surface area contributed by atoms with E-state index in [0.29, 0.717) is 5.57 Å². The normalized spacial score (nSPS) is 43.3. The summed E-state index contributed by atoms with van der Waals surface area (Å²) in [6.07, 6.45) is 7.43. The molecule has 0 heterocycles. The molecule has 0 aromatic carbocycles. The molecule has 0 amide bonds. The number of aliphatic hydroxyl groups is 1. The maximum Gasteiger partial charge on any atom is 0.331 e. The van der Waals surface area contributed by atoms with Crippen LogP contribution in [0.3, 0.4) is 0 Å². The van der Waals surface area contributed by atoms with Crippen LogP contribution in [0.25, 0.3) is 0 Å². The van der Waals surface area contributed by atoms with Crippen LogP contribution in [0.5, 0.6) is 0 Å². The summed E-state index contributed by atoms with van der Waals surface area (Å²) in [6.45, 7) is 7.72. The molecule has 0 bridgehead atoms. The van der Waals surface area contributed by atoms with Crippen LogP contribution in [0, 0.1) is 17.3 Å². The number of carboxylic acids is 1. The molecular weight excluding hydrogens is 228 g/mol. The maximum atomic E-state index is 11.0.